The zero-order valence-corrected chi connectivity index (χ0v) is 12.1. The van der Waals surface area contributed by atoms with Crippen LogP contribution < -0.4 is 5.32 Å². The van der Waals surface area contributed by atoms with Crippen molar-refractivity contribution in [2.75, 3.05) is 0 Å². The molecule has 3 unspecified atom stereocenters. The molecular formula is C18H27N. The minimum atomic E-state index is 0.602. The highest BCUT2D eigenvalue weighted by molar-refractivity contribution is 5.15. The lowest BCUT2D eigenvalue weighted by molar-refractivity contribution is 0.248. The highest BCUT2D eigenvalue weighted by Gasteiger charge is 2.34. The van der Waals surface area contributed by atoms with Crippen LogP contribution in [0.15, 0.2) is 30.3 Å². The van der Waals surface area contributed by atoms with Crippen LogP contribution >= 0.6 is 0 Å². The summed E-state index contributed by atoms with van der Waals surface area (Å²) >= 11 is 0. The van der Waals surface area contributed by atoms with Gasteiger partial charge in [-0.3, -0.25) is 0 Å². The Morgan fingerprint density at radius 1 is 1.05 bits per heavy atom. The maximum atomic E-state index is 3.88. The number of rotatable bonds is 5. The number of benzene rings is 1. The van der Waals surface area contributed by atoms with E-state index in [4.69, 9.17) is 0 Å². The van der Waals surface area contributed by atoms with Crippen LogP contribution in [0.5, 0.6) is 0 Å². The van der Waals surface area contributed by atoms with Crippen LogP contribution in [-0.4, -0.2) is 12.1 Å². The molecule has 0 bridgehead atoms. The molecule has 3 rings (SSSR count). The molecule has 0 radical (unpaired) electrons. The first kappa shape index (κ1) is 13.2. The molecule has 1 N–H and O–H groups in total. The fourth-order valence-corrected chi connectivity index (χ4v) is 3.80. The second kappa shape index (κ2) is 6.09. The van der Waals surface area contributed by atoms with Crippen LogP contribution in [0, 0.1) is 11.8 Å². The van der Waals surface area contributed by atoms with Gasteiger partial charge in [0, 0.05) is 12.1 Å². The summed E-state index contributed by atoms with van der Waals surface area (Å²) < 4.78 is 0. The lowest BCUT2D eigenvalue weighted by Crippen LogP contribution is -2.41. The van der Waals surface area contributed by atoms with Gasteiger partial charge < -0.3 is 5.32 Å². The summed E-state index contributed by atoms with van der Waals surface area (Å²) in [5.41, 5.74) is 1.46. The average molecular weight is 257 g/mol. The van der Waals surface area contributed by atoms with E-state index in [-0.39, 0.29) is 0 Å². The van der Waals surface area contributed by atoms with Crippen LogP contribution in [0.3, 0.4) is 0 Å². The lowest BCUT2D eigenvalue weighted by atomic mass is 9.82. The van der Waals surface area contributed by atoms with Crippen molar-refractivity contribution in [3.8, 4) is 0 Å². The van der Waals surface area contributed by atoms with Gasteiger partial charge in [-0.15, -0.1) is 0 Å². The van der Waals surface area contributed by atoms with Crippen LogP contribution in [0.1, 0.15) is 51.0 Å². The molecule has 0 amide bonds. The predicted molar refractivity (Wildman–Crippen MR) is 81.2 cm³/mol. The van der Waals surface area contributed by atoms with Gasteiger partial charge in [-0.05, 0) is 56.4 Å². The molecular weight excluding hydrogens is 230 g/mol. The summed E-state index contributed by atoms with van der Waals surface area (Å²) in [7, 11) is 0. The molecule has 1 nitrogen and oxygen atoms in total. The zero-order valence-electron chi connectivity index (χ0n) is 12.1. The van der Waals surface area contributed by atoms with Crippen molar-refractivity contribution in [2.45, 2.75) is 64.0 Å². The summed E-state index contributed by atoms with van der Waals surface area (Å²) in [5, 5.41) is 3.88. The molecule has 0 aromatic heterocycles. The maximum absolute atomic E-state index is 3.88. The molecule has 104 valence electrons. The minimum Gasteiger partial charge on any atom is -0.311 e. The molecule has 2 aliphatic rings. The summed E-state index contributed by atoms with van der Waals surface area (Å²) in [6, 6.07) is 12.3. The van der Waals surface area contributed by atoms with Crippen molar-refractivity contribution in [3.05, 3.63) is 35.9 Å². The molecule has 1 aromatic rings. The predicted octanol–water partition coefficient (Wildman–Crippen LogP) is 4.18. The topological polar surface area (TPSA) is 12.0 Å². The molecule has 1 heteroatoms. The molecule has 2 fully saturated rings. The van der Waals surface area contributed by atoms with E-state index in [0.717, 1.165) is 24.3 Å². The zero-order chi connectivity index (χ0) is 13.1. The monoisotopic (exact) mass is 257 g/mol. The van der Waals surface area contributed by atoms with E-state index in [2.05, 4.69) is 42.6 Å². The first-order valence-electron chi connectivity index (χ1n) is 8.11. The van der Waals surface area contributed by atoms with Crippen LogP contribution in [0.25, 0.3) is 0 Å². The molecule has 0 spiro atoms. The van der Waals surface area contributed by atoms with Gasteiger partial charge >= 0.3 is 0 Å². The van der Waals surface area contributed by atoms with Gasteiger partial charge in [0.2, 0.25) is 0 Å². The number of hydrogen-bond acceptors (Lipinski definition) is 1. The van der Waals surface area contributed by atoms with Gasteiger partial charge in [0.1, 0.15) is 0 Å². The Morgan fingerprint density at radius 2 is 1.84 bits per heavy atom. The van der Waals surface area contributed by atoms with E-state index >= 15 is 0 Å². The fraction of sp³-hybridized carbons (Fsp3) is 0.667. The number of hydrogen-bond donors (Lipinski definition) is 1. The second-order valence-electron chi connectivity index (χ2n) is 6.72. The largest absolute Gasteiger partial charge is 0.311 e. The molecule has 2 aliphatic carbocycles. The Hall–Kier alpha value is -0.820. The third kappa shape index (κ3) is 3.82. The van der Waals surface area contributed by atoms with Gasteiger partial charge in [0.25, 0.3) is 0 Å². The normalized spacial score (nSPS) is 29.1. The van der Waals surface area contributed by atoms with Gasteiger partial charge in [0.05, 0.1) is 0 Å². The second-order valence-corrected chi connectivity index (χ2v) is 6.72. The molecule has 0 saturated heterocycles. The van der Waals surface area contributed by atoms with Crippen LogP contribution in [0.4, 0.5) is 0 Å². The SMILES string of the molecule is CC(Cc1ccccc1)NC1CCCC(C2CC2)C1. The summed E-state index contributed by atoms with van der Waals surface area (Å²) in [4.78, 5) is 0. The van der Waals surface area contributed by atoms with E-state index in [0.29, 0.717) is 6.04 Å². The first-order valence-corrected chi connectivity index (χ1v) is 8.11. The number of nitrogens with one attached hydrogen (secondary N) is 1. The van der Waals surface area contributed by atoms with Crippen LogP contribution in [0.2, 0.25) is 0 Å². The van der Waals surface area contributed by atoms with Crippen molar-refractivity contribution in [3.63, 3.8) is 0 Å². The van der Waals surface area contributed by atoms with E-state index in [1.165, 1.54) is 44.1 Å². The van der Waals surface area contributed by atoms with E-state index < -0.39 is 0 Å². The van der Waals surface area contributed by atoms with Crippen molar-refractivity contribution >= 4 is 0 Å². The molecule has 2 saturated carbocycles. The third-order valence-corrected chi connectivity index (χ3v) is 4.91. The van der Waals surface area contributed by atoms with Crippen molar-refractivity contribution in [1.82, 2.24) is 5.32 Å². The quantitative estimate of drug-likeness (QED) is 0.834. The van der Waals surface area contributed by atoms with Gasteiger partial charge in [-0.1, -0.05) is 43.2 Å². The summed E-state index contributed by atoms with van der Waals surface area (Å²) in [6.07, 6.45) is 9.94. The highest BCUT2D eigenvalue weighted by atomic mass is 14.9. The van der Waals surface area contributed by atoms with Crippen molar-refractivity contribution in [1.29, 1.82) is 0 Å². The highest BCUT2D eigenvalue weighted by Crippen LogP contribution is 2.43. The third-order valence-electron chi connectivity index (χ3n) is 4.91. The minimum absolute atomic E-state index is 0.602. The molecule has 1 aromatic carbocycles. The van der Waals surface area contributed by atoms with E-state index in [1.54, 1.807) is 0 Å². The Kier molecular flexibility index (Phi) is 4.22. The Bertz CT molecular complexity index is 382. The molecule has 19 heavy (non-hydrogen) atoms. The molecule has 3 atom stereocenters. The Labute approximate surface area is 117 Å². The fourth-order valence-electron chi connectivity index (χ4n) is 3.80. The van der Waals surface area contributed by atoms with Crippen molar-refractivity contribution in [2.24, 2.45) is 11.8 Å². The van der Waals surface area contributed by atoms with Gasteiger partial charge in [-0.2, -0.15) is 0 Å². The van der Waals surface area contributed by atoms with Gasteiger partial charge in [0.15, 0.2) is 0 Å². The maximum Gasteiger partial charge on any atom is 0.00817 e. The lowest BCUT2D eigenvalue weighted by Gasteiger charge is -2.32. The van der Waals surface area contributed by atoms with Crippen molar-refractivity contribution < 1.29 is 0 Å². The smallest absolute Gasteiger partial charge is 0.00817 e. The summed E-state index contributed by atoms with van der Waals surface area (Å²) in [6.45, 7) is 2.34. The average Bonchev–Trinajstić information content (AvgIpc) is 3.24. The Morgan fingerprint density at radius 3 is 2.58 bits per heavy atom. The molecule has 0 heterocycles. The van der Waals surface area contributed by atoms with E-state index in [1.807, 2.05) is 0 Å². The first-order chi connectivity index (χ1) is 9.31. The summed E-state index contributed by atoms with van der Waals surface area (Å²) in [5.74, 6) is 2.13. The standard InChI is InChI=1S/C18H27N/c1-14(12-15-6-3-2-4-7-15)19-18-9-5-8-17(13-18)16-10-11-16/h2-4,6-7,14,16-19H,5,8-13H2,1H3. The molecule has 0 aliphatic heterocycles. The Balaban J connectivity index is 1.47. The van der Waals surface area contributed by atoms with E-state index in [9.17, 15) is 0 Å². The van der Waals surface area contributed by atoms with Crippen LogP contribution in [-0.2, 0) is 6.42 Å². The van der Waals surface area contributed by atoms with Gasteiger partial charge in [-0.25, -0.2) is 0 Å².